The van der Waals surface area contributed by atoms with Crippen molar-refractivity contribution < 1.29 is 14.6 Å². The zero-order valence-electron chi connectivity index (χ0n) is 15.5. The molecular weight excluding hydrogens is 300 g/mol. The van der Waals surface area contributed by atoms with Crippen molar-refractivity contribution in [1.82, 2.24) is 0 Å². The van der Waals surface area contributed by atoms with E-state index >= 15 is 0 Å². The first-order valence-electron chi connectivity index (χ1n) is 9.59. The van der Waals surface area contributed by atoms with Crippen molar-refractivity contribution in [2.75, 3.05) is 7.11 Å². The van der Waals surface area contributed by atoms with Crippen molar-refractivity contribution in [2.45, 2.75) is 84.0 Å². The van der Waals surface area contributed by atoms with Crippen molar-refractivity contribution >= 4 is 5.97 Å². The Kier molecular flexibility index (Phi) is 11.0. The molecule has 1 aromatic carbocycles. The lowest BCUT2D eigenvalue weighted by molar-refractivity contribution is 0.0695. The summed E-state index contributed by atoms with van der Waals surface area (Å²) in [7, 11) is 1.61. The summed E-state index contributed by atoms with van der Waals surface area (Å²) in [5.41, 5.74) is 1.29. The molecular formula is C21H34O3. The fourth-order valence-electron chi connectivity index (χ4n) is 3.09. The van der Waals surface area contributed by atoms with Gasteiger partial charge in [-0.2, -0.15) is 0 Å². The number of hydrogen-bond donors (Lipinski definition) is 1. The highest BCUT2D eigenvalue weighted by atomic mass is 16.5. The van der Waals surface area contributed by atoms with Crippen LogP contribution < -0.4 is 4.74 Å². The van der Waals surface area contributed by atoms with Gasteiger partial charge in [0.1, 0.15) is 5.75 Å². The van der Waals surface area contributed by atoms with Gasteiger partial charge in [0.2, 0.25) is 0 Å². The number of hydrogen-bond acceptors (Lipinski definition) is 2. The lowest BCUT2D eigenvalue weighted by Crippen LogP contribution is -2.03. The largest absolute Gasteiger partial charge is 0.497 e. The third kappa shape index (κ3) is 8.37. The fraction of sp³-hybridized carbons (Fsp3) is 0.667. The molecule has 0 saturated carbocycles. The van der Waals surface area contributed by atoms with E-state index in [0.717, 1.165) is 24.2 Å². The van der Waals surface area contributed by atoms with Crippen molar-refractivity contribution in [3.8, 4) is 5.75 Å². The monoisotopic (exact) mass is 334 g/mol. The SMILES string of the molecule is CCCCCCCCCCCCCc1cc(OC)ccc1C(=O)O. The molecule has 1 rings (SSSR count). The first-order chi connectivity index (χ1) is 11.7. The maximum atomic E-state index is 11.3. The van der Waals surface area contributed by atoms with E-state index in [1.54, 1.807) is 19.2 Å². The van der Waals surface area contributed by atoms with E-state index in [2.05, 4.69) is 6.92 Å². The van der Waals surface area contributed by atoms with Crippen LogP contribution in [0.2, 0.25) is 0 Å². The minimum absolute atomic E-state index is 0.405. The van der Waals surface area contributed by atoms with Gasteiger partial charge in [-0.15, -0.1) is 0 Å². The fourth-order valence-corrected chi connectivity index (χ4v) is 3.09. The number of carboxylic acids is 1. The molecule has 0 aliphatic heterocycles. The highest BCUT2D eigenvalue weighted by molar-refractivity contribution is 5.89. The Hall–Kier alpha value is -1.51. The molecule has 0 unspecified atom stereocenters. The molecule has 3 heteroatoms. The van der Waals surface area contributed by atoms with Crippen LogP contribution in [-0.4, -0.2) is 18.2 Å². The van der Waals surface area contributed by atoms with Gasteiger partial charge in [-0.3, -0.25) is 0 Å². The summed E-state index contributed by atoms with van der Waals surface area (Å²) >= 11 is 0. The minimum Gasteiger partial charge on any atom is -0.497 e. The molecule has 136 valence electrons. The third-order valence-electron chi connectivity index (χ3n) is 4.59. The van der Waals surface area contributed by atoms with Gasteiger partial charge in [0.25, 0.3) is 0 Å². The van der Waals surface area contributed by atoms with E-state index in [0.29, 0.717) is 5.56 Å². The number of aromatic carboxylic acids is 1. The number of aryl methyl sites for hydroxylation is 1. The minimum atomic E-state index is -0.851. The Labute approximate surface area is 147 Å². The van der Waals surface area contributed by atoms with E-state index in [9.17, 15) is 9.90 Å². The number of carboxylic acid groups (broad SMARTS) is 1. The molecule has 0 heterocycles. The summed E-state index contributed by atoms with van der Waals surface area (Å²) in [6.45, 7) is 2.25. The second kappa shape index (κ2) is 12.9. The molecule has 0 aliphatic rings. The average molecular weight is 334 g/mol. The molecule has 0 atom stereocenters. The average Bonchev–Trinajstić information content (AvgIpc) is 2.59. The van der Waals surface area contributed by atoms with Crippen LogP contribution >= 0.6 is 0 Å². The van der Waals surface area contributed by atoms with Crippen molar-refractivity contribution in [2.24, 2.45) is 0 Å². The molecule has 0 amide bonds. The van der Waals surface area contributed by atoms with Crippen LogP contribution in [-0.2, 0) is 6.42 Å². The summed E-state index contributed by atoms with van der Waals surface area (Å²) in [6, 6.07) is 5.22. The zero-order valence-corrected chi connectivity index (χ0v) is 15.5. The van der Waals surface area contributed by atoms with Crippen LogP contribution in [0.5, 0.6) is 5.75 Å². The van der Waals surface area contributed by atoms with E-state index < -0.39 is 5.97 Å². The normalized spacial score (nSPS) is 10.8. The van der Waals surface area contributed by atoms with Gasteiger partial charge in [0.05, 0.1) is 12.7 Å². The van der Waals surface area contributed by atoms with Gasteiger partial charge in [0.15, 0.2) is 0 Å². The van der Waals surface area contributed by atoms with Crippen molar-refractivity contribution in [3.05, 3.63) is 29.3 Å². The van der Waals surface area contributed by atoms with Crippen molar-refractivity contribution in [3.63, 3.8) is 0 Å². The second-order valence-electron chi connectivity index (χ2n) is 6.61. The maximum absolute atomic E-state index is 11.3. The summed E-state index contributed by atoms with van der Waals surface area (Å²) in [6.07, 6.45) is 15.1. The number of benzene rings is 1. The lowest BCUT2D eigenvalue weighted by atomic mass is 9.99. The highest BCUT2D eigenvalue weighted by Gasteiger charge is 2.10. The molecule has 24 heavy (non-hydrogen) atoms. The quantitative estimate of drug-likeness (QED) is 0.409. The molecule has 0 radical (unpaired) electrons. The standard InChI is InChI=1S/C21H34O3/c1-3-4-5-6-7-8-9-10-11-12-13-14-18-17-19(24-2)15-16-20(18)21(22)23/h15-17H,3-14H2,1-2H3,(H,22,23). The summed E-state index contributed by atoms with van der Waals surface area (Å²) in [5.74, 6) is -0.117. The third-order valence-corrected chi connectivity index (χ3v) is 4.59. The number of carbonyl (C=O) groups is 1. The lowest BCUT2D eigenvalue weighted by Gasteiger charge is -2.08. The predicted molar refractivity (Wildman–Crippen MR) is 100 cm³/mol. The Morgan fingerprint density at radius 2 is 1.46 bits per heavy atom. The molecule has 0 saturated heterocycles. The Morgan fingerprint density at radius 3 is 1.96 bits per heavy atom. The Morgan fingerprint density at radius 1 is 0.917 bits per heavy atom. The van der Waals surface area contributed by atoms with E-state index in [-0.39, 0.29) is 0 Å². The molecule has 0 fully saturated rings. The Balaban J connectivity index is 2.16. The van der Waals surface area contributed by atoms with Gasteiger partial charge >= 0.3 is 5.97 Å². The van der Waals surface area contributed by atoms with Gasteiger partial charge in [-0.05, 0) is 36.6 Å². The molecule has 0 spiro atoms. The molecule has 3 nitrogen and oxygen atoms in total. The van der Waals surface area contributed by atoms with Crippen LogP contribution in [0.15, 0.2) is 18.2 Å². The smallest absolute Gasteiger partial charge is 0.335 e. The second-order valence-corrected chi connectivity index (χ2v) is 6.61. The molecule has 0 bridgehead atoms. The zero-order chi connectivity index (χ0) is 17.6. The first-order valence-corrected chi connectivity index (χ1v) is 9.59. The molecule has 0 aromatic heterocycles. The van der Waals surface area contributed by atoms with Gasteiger partial charge < -0.3 is 9.84 Å². The number of ether oxygens (including phenoxy) is 1. The summed E-state index contributed by atoms with van der Waals surface area (Å²) < 4.78 is 5.20. The van der Waals surface area contributed by atoms with Crippen LogP contribution in [0.25, 0.3) is 0 Å². The summed E-state index contributed by atoms with van der Waals surface area (Å²) in [5, 5.41) is 9.27. The van der Waals surface area contributed by atoms with Crippen molar-refractivity contribution in [1.29, 1.82) is 0 Å². The predicted octanol–water partition coefficient (Wildman–Crippen LogP) is 6.25. The van der Waals surface area contributed by atoms with Crippen LogP contribution in [0.1, 0.15) is 93.5 Å². The molecule has 1 N–H and O–H groups in total. The van der Waals surface area contributed by atoms with Crippen LogP contribution in [0, 0.1) is 0 Å². The summed E-state index contributed by atoms with van der Waals surface area (Å²) in [4.78, 5) is 11.3. The number of rotatable bonds is 14. The van der Waals surface area contributed by atoms with Crippen LogP contribution in [0.4, 0.5) is 0 Å². The maximum Gasteiger partial charge on any atom is 0.335 e. The number of unbranched alkanes of at least 4 members (excludes halogenated alkanes) is 10. The van der Waals surface area contributed by atoms with Crippen LogP contribution in [0.3, 0.4) is 0 Å². The van der Waals surface area contributed by atoms with E-state index in [4.69, 9.17) is 4.74 Å². The first kappa shape index (κ1) is 20.5. The highest BCUT2D eigenvalue weighted by Crippen LogP contribution is 2.20. The van der Waals surface area contributed by atoms with Gasteiger partial charge in [-0.1, -0.05) is 71.1 Å². The number of methoxy groups -OCH3 is 1. The van der Waals surface area contributed by atoms with E-state index in [1.807, 2.05) is 6.07 Å². The Bertz CT molecular complexity index is 468. The van der Waals surface area contributed by atoms with E-state index in [1.165, 1.54) is 64.2 Å². The van der Waals surface area contributed by atoms with Gasteiger partial charge in [-0.25, -0.2) is 4.79 Å². The molecule has 1 aromatic rings. The molecule has 0 aliphatic carbocycles. The van der Waals surface area contributed by atoms with Gasteiger partial charge in [0, 0.05) is 0 Å². The topological polar surface area (TPSA) is 46.5 Å².